The molecule has 1 aliphatic rings. The molecule has 0 bridgehead atoms. The van der Waals surface area contributed by atoms with E-state index in [0.717, 1.165) is 30.9 Å². The molecule has 5 heteroatoms. The molecule has 0 aromatic carbocycles. The molecule has 1 aliphatic heterocycles. The zero-order valence-corrected chi connectivity index (χ0v) is 11.1. The second-order valence-electron chi connectivity index (χ2n) is 4.63. The lowest BCUT2D eigenvalue weighted by atomic mass is 10.2. The highest BCUT2D eigenvalue weighted by Crippen LogP contribution is 2.24. The van der Waals surface area contributed by atoms with Crippen LogP contribution in [0.5, 0.6) is 5.88 Å². The van der Waals surface area contributed by atoms with Crippen molar-refractivity contribution in [3.05, 3.63) is 17.7 Å². The van der Waals surface area contributed by atoms with Gasteiger partial charge in [0.25, 0.3) is 0 Å². The van der Waals surface area contributed by atoms with Gasteiger partial charge in [0.05, 0.1) is 7.11 Å². The molecule has 1 aromatic heterocycles. The summed E-state index contributed by atoms with van der Waals surface area (Å²) in [5.41, 5.74) is 1.12. The van der Waals surface area contributed by atoms with Gasteiger partial charge in [-0.05, 0) is 18.9 Å². The van der Waals surface area contributed by atoms with E-state index < -0.39 is 0 Å². The van der Waals surface area contributed by atoms with Crippen LogP contribution in [0.1, 0.15) is 18.9 Å². The van der Waals surface area contributed by atoms with Crippen LogP contribution in [-0.4, -0.2) is 37.1 Å². The van der Waals surface area contributed by atoms with Crippen LogP contribution in [0.4, 0.5) is 5.82 Å². The average molecular weight is 249 g/mol. The Morgan fingerprint density at radius 3 is 3.00 bits per heavy atom. The number of pyridine rings is 1. The number of carbonyl (C=O) groups is 1. The van der Waals surface area contributed by atoms with Gasteiger partial charge in [-0.15, -0.1) is 0 Å². The topological polar surface area (TPSA) is 54.5 Å². The standard InChI is InChI=1S/C13H19N3O2/c1-9-4-5-12(18-3)15-13(9)16-7-6-11(8-16)14-10(2)17/h4-5,11H,6-8H2,1-3H3,(H,14,17). The molecule has 2 heterocycles. The van der Waals surface area contributed by atoms with Crippen molar-refractivity contribution in [1.29, 1.82) is 0 Å². The third kappa shape index (κ3) is 2.72. The maximum absolute atomic E-state index is 11.0. The molecule has 98 valence electrons. The molecular weight excluding hydrogens is 230 g/mol. The highest BCUT2D eigenvalue weighted by Gasteiger charge is 2.25. The molecule has 1 atom stereocenters. The SMILES string of the molecule is COc1ccc(C)c(N2CCC(NC(C)=O)C2)n1. The molecule has 1 amide bonds. The number of nitrogens with zero attached hydrogens (tertiary/aromatic N) is 2. The first-order chi connectivity index (χ1) is 8.60. The van der Waals surface area contributed by atoms with Crippen LogP contribution >= 0.6 is 0 Å². The summed E-state index contributed by atoms with van der Waals surface area (Å²) in [4.78, 5) is 17.7. The summed E-state index contributed by atoms with van der Waals surface area (Å²) >= 11 is 0. The molecule has 0 saturated carbocycles. The van der Waals surface area contributed by atoms with Crippen molar-refractivity contribution in [3.8, 4) is 5.88 Å². The van der Waals surface area contributed by atoms with Crippen LogP contribution in [0, 0.1) is 6.92 Å². The molecule has 1 N–H and O–H groups in total. The zero-order chi connectivity index (χ0) is 13.1. The predicted molar refractivity (Wildman–Crippen MR) is 70.0 cm³/mol. The summed E-state index contributed by atoms with van der Waals surface area (Å²) in [5.74, 6) is 1.60. The van der Waals surface area contributed by atoms with Gasteiger partial charge in [0, 0.05) is 32.1 Å². The van der Waals surface area contributed by atoms with Crippen molar-refractivity contribution in [2.45, 2.75) is 26.3 Å². The smallest absolute Gasteiger partial charge is 0.217 e. The van der Waals surface area contributed by atoms with Crippen LogP contribution in [0.15, 0.2) is 12.1 Å². The van der Waals surface area contributed by atoms with Gasteiger partial charge in [0.2, 0.25) is 11.8 Å². The number of methoxy groups -OCH3 is 1. The number of aryl methyl sites for hydroxylation is 1. The van der Waals surface area contributed by atoms with Gasteiger partial charge in [-0.2, -0.15) is 4.98 Å². The summed E-state index contributed by atoms with van der Waals surface area (Å²) in [7, 11) is 1.62. The zero-order valence-electron chi connectivity index (χ0n) is 11.1. The first-order valence-electron chi connectivity index (χ1n) is 6.14. The van der Waals surface area contributed by atoms with Crippen molar-refractivity contribution in [2.24, 2.45) is 0 Å². The highest BCUT2D eigenvalue weighted by molar-refractivity contribution is 5.73. The molecule has 5 nitrogen and oxygen atoms in total. The van der Waals surface area contributed by atoms with E-state index in [2.05, 4.69) is 15.2 Å². The van der Waals surface area contributed by atoms with Crippen LogP contribution in [0.3, 0.4) is 0 Å². The number of hydrogen-bond donors (Lipinski definition) is 1. The molecule has 18 heavy (non-hydrogen) atoms. The van der Waals surface area contributed by atoms with Crippen molar-refractivity contribution < 1.29 is 9.53 Å². The van der Waals surface area contributed by atoms with E-state index in [1.54, 1.807) is 14.0 Å². The molecule has 1 unspecified atom stereocenters. The molecule has 0 aliphatic carbocycles. The van der Waals surface area contributed by atoms with E-state index in [0.29, 0.717) is 5.88 Å². The van der Waals surface area contributed by atoms with E-state index >= 15 is 0 Å². The quantitative estimate of drug-likeness (QED) is 0.872. The Morgan fingerprint density at radius 1 is 1.56 bits per heavy atom. The molecule has 1 saturated heterocycles. The Labute approximate surface area is 107 Å². The number of aromatic nitrogens is 1. The first-order valence-corrected chi connectivity index (χ1v) is 6.14. The summed E-state index contributed by atoms with van der Waals surface area (Å²) in [5, 5.41) is 2.95. The average Bonchev–Trinajstić information content (AvgIpc) is 2.77. The Kier molecular flexibility index (Phi) is 3.69. The van der Waals surface area contributed by atoms with Gasteiger partial charge in [-0.3, -0.25) is 4.79 Å². The number of ether oxygens (including phenoxy) is 1. The molecule has 0 spiro atoms. The third-order valence-corrected chi connectivity index (χ3v) is 3.15. The summed E-state index contributed by atoms with van der Waals surface area (Å²) in [6, 6.07) is 4.09. The van der Waals surface area contributed by atoms with Gasteiger partial charge < -0.3 is 15.0 Å². The van der Waals surface area contributed by atoms with Crippen molar-refractivity contribution >= 4 is 11.7 Å². The lowest BCUT2D eigenvalue weighted by Gasteiger charge is -2.20. The van der Waals surface area contributed by atoms with Gasteiger partial charge in [-0.25, -0.2) is 0 Å². The molecule has 1 aromatic rings. The Hall–Kier alpha value is -1.78. The Bertz CT molecular complexity index is 448. The van der Waals surface area contributed by atoms with Crippen LogP contribution in [-0.2, 0) is 4.79 Å². The Balaban J connectivity index is 2.11. The number of amides is 1. The van der Waals surface area contributed by atoms with Gasteiger partial charge >= 0.3 is 0 Å². The molecule has 2 rings (SSSR count). The summed E-state index contributed by atoms with van der Waals surface area (Å²) < 4.78 is 5.15. The highest BCUT2D eigenvalue weighted by atomic mass is 16.5. The van der Waals surface area contributed by atoms with Crippen molar-refractivity contribution in [2.75, 3.05) is 25.1 Å². The molecule has 0 radical (unpaired) electrons. The van der Waals surface area contributed by atoms with Crippen molar-refractivity contribution in [3.63, 3.8) is 0 Å². The summed E-state index contributed by atoms with van der Waals surface area (Å²) in [6.07, 6.45) is 0.956. The minimum absolute atomic E-state index is 0.0252. The van der Waals surface area contributed by atoms with E-state index in [9.17, 15) is 4.79 Å². The van der Waals surface area contributed by atoms with Gasteiger partial charge in [-0.1, -0.05) is 6.07 Å². The van der Waals surface area contributed by atoms with Crippen LogP contribution in [0.25, 0.3) is 0 Å². The largest absolute Gasteiger partial charge is 0.481 e. The lowest BCUT2D eigenvalue weighted by molar-refractivity contribution is -0.119. The van der Waals surface area contributed by atoms with E-state index in [-0.39, 0.29) is 11.9 Å². The lowest BCUT2D eigenvalue weighted by Crippen LogP contribution is -2.35. The molecular formula is C13H19N3O2. The minimum atomic E-state index is 0.0252. The number of hydrogen-bond acceptors (Lipinski definition) is 4. The second kappa shape index (κ2) is 5.25. The fourth-order valence-corrected chi connectivity index (χ4v) is 2.29. The fraction of sp³-hybridized carbons (Fsp3) is 0.538. The first kappa shape index (κ1) is 12.7. The molecule has 1 fully saturated rings. The normalized spacial score (nSPS) is 18.8. The van der Waals surface area contributed by atoms with Crippen molar-refractivity contribution in [1.82, 2.24) is 10.3 Å². The number of carbonyl (C=O) groups excluding carboxylic acids is 1. The van der Waals surface area contributed by atoms with Crippen LogP contribution < -0.4 is 15.0 Å². The summed E-state index contributed by atoms with van der Waals surface area (Å²) in [6.45, 7) is 5.30. The van der Waals surface area contributed by atoms with E-state index in [1.165, 1.54) is 0 Å². The van der Waals surface area contributed by atoms with Gasteiger partial charge in [0.1, 0.15) is 5.82 Å². The third-order valence-electron chi connectivity index (χ3n) is 3.15. The number of anilines is 1. The number of nitrogens with one attached hydrogen (secondary N) is 1. The maximum Gasteiger partial charge on any atom is 0.217 e. The van der Waals surface area contributed by atoms with E-state index in [4.69, 9.17) is 4.74 Å². The number of rotatable bonds is 3. The van der Waals surface area contributed by atoms with Gasteiger partial charge in [0.15, 0.2) is 0 Å². The van der Waals surface area contributed by atoms with E-state index in [1.807, 2.05) is 19.1 Å². The minimum Gasteiger partial charge on any atom is -0.481 e. The fourth-order valence-electron chi connectivity index (χ4n) is 2.29. The predicted octanol–water partition coefficient (Wildman–Crippen LogP) is 1.11. The Morgan fingerprint density at radius 2 is 2.33 bits per heavy atom. The monoisotopic (exact) mass is 249 g/mol. The maximum atomic E-state index is 11.0. The second-order valence-corrected chi connectivity index (χ2v) is 4.63. The van der Waals surface area contributed by atoms with Crippen LogP contribution in [0.2, 0.25) is 0 Å².